The largest absolute Gasteiger partial charge is 0.388 e. The molecule has 1 aromatic carbocycles. The monoisotopic (exact) mass is 283 g/mol. The van der Waals surface area contributed by atoms with Crippen molar-refractivity contribution >= 4 is 21.4 Å². The van der Waals surface area contributed by atoms with Crippen molar-refractivity contribution in [2.45, 2.75) is 25.9 Å². The molecule has 1 N–H and O–H groups in total. The average Bonchev–Trinajstić information content (AvgIpc) is 2.90. The molecule has 2 heterocycles. The van der Waals surface area contributed by atoms with Gasteiger partial charge >= 0.3 is 0 Å². The molecule has 0 saturated carbocycles. The smallest absolute Gasteiger partial charge is 0.0834 e. The predicted octanol–water partition coefficient (Wildman–Crippen LogP) is 4.13. The average molecular weight is 283 g/mol. The number of hydrogen-bond acceptors (Lipinski definition) is 3. The minimum Gasteiger partial charge on any atom is -0.388 e. The van der Waals surface area contributed by atoms with E-state index in [1.54, 1.807) is 17.5 Å². The van der Waals surface area contributed by atoms with E-state index in [4.69, 9.17) is 0 Å². The highest BCUT2D eigenvalue weighted by Crippen LogP contribution is 2.30. The van der Waals surface area contributed by atoms with Gasteiger partial charge in [-0.25, -0.2) is 0 Å². The maximum absolute atomic E-state index is 10.5. The summed E-state index contributed by atoms with van der Waals surface area (Å²) in [5.74, 6) is 0. The Morgan fingerprint density at radius 1 is 1.20 bits per heavy atom. The molecular formula is C17H17NOS. The van der Waals surface area contributed by atoms with Crippen molar-refractivity contribution < 1.29 is 5.11 Å². The number of rotatable bonds is 4. The van der Waals surface area contributed by atoms with E-state index in [1.165, 1.54) is 15.6 Å². The first-order valence-corrected chi connectivity index (χ1v) is 7.73. The van der Waals surface area contributed by atoms with Crippen LogP contribution in [0.2, 0.25) is 0 Å². The fourth-order valence-corrected chi connectivity index (χ4v) is 3.54. The third-order valence-corrected chi connectivity index (χ3v) is 4.67. The topological polar surface area (TPSA) is 33.1 Å². The Balaban J connectivity index is 1.90. The zero-order valence-electron chi connectivity index (χ0n) is 11.4. The van der Waals surface area contributed by atoms with Gasteiger partial charge in [-0.1, -0.05) is 25.1 Å². The second kappa shape index (κ2) is 5.73. The number of aryl methyl sites for hydroxylation is 1. The lowest BCUT2D eigenvalue weighted by Gasteiger charge is -2.14. The molecule has 20 heavy (non-hydrogen) atoms. The molecule has 0 radical (unpaired) electrons. The predicted molar refractivity (Wildman–Crippen MR) is 84.1 cm³/mol. The Bertz CT molecular complexity index is 720. The standard InChI is InChI=1S/C17H17NOS/c1-2-12-10-18-8-7-14(12)16(19)9-13-11-20-17-6-4-3-5-15(13)17/h3-8,10-11,16,19H,2,9H2,1H3. The Hall–Kier alpha value is -1.71. The lowest BCUT2D eigenvalue weighted by molar-refractivity contribution is 0.178. The summed E-state index contributed by atoms with van der Waals surface area (Å²) in [6.45, 7) is 2.09. The first-order valence-electron chi connectivity index (χ1n) is 6.85. The van der Waals surface area contributed by atoms with E-state index in [2.05, 4.69) is 41.6 Å². The molecule has 0 fully saturated rings. The van der Waals surface area contributed by atoms with E-state index in [0.717, 1.165) is 17.5 Å². The first kappa shape index (κ1) is 13.3. The summed E-state index contributed by atoms with van der Waals surface area (Å²) >= 11 is 1.74. The molecule has 0 spiro atoms. The molecule has 1 atom stereocenters. The van der Waals surface area contributed by atoms with Gasteiger partial charge in [0.25, 0.3) is 0 Å². The van der Waals surface area contributed by atoms with E-state index in [0.29, 0.717) is 6.42 Å². The lowest BCUT2D eigenvalue weighted by Crippen LogP contribution is -2.05. The van der Waals surface area contributed by atoms with Gasteiger partial charge in [0, 0.05) is 23.5 Å². The van der Waals surface area contributed by atoms with Gasteiger partial charge < -0.3 is 5.11 Å². The van der Waals surface area contributed by atoms with Gasteiger partial charge in [0.15, 0.2) is 0 Å². The third-order valence-electron chi connectivity index (χ3n) is 3.66. The second-order valence-corrected chi connectivity index (χ2v) is 5.82. The fourth-order valence-electron chi connectivity index (χ4n) is 2.57. The van der Waals surface area contributed by atoms with E-state index >= 15 is 0 Å². The van der Waals surface area contributed by atoms with Crippen molar-refractivity contribution in [3.63, 3.8) is 0 Å². The van der Waals surface area contributed by atoms with Crippen LogP contribution in [0.4, 0.5) is 0 Å². The van der Waals surface area contributed by atoms with Crippen molar-refractivity contribution in [3.05, 3.63) is 64.8 Å². The van der Waals surface area contributed by atoms with Crippen LogP contribution < -0.4 is 0 Å². The van der Waals surface area contributed by atoms with E-state index in [1.807, 2.05) is 12.3 Å². The van der Waals surface area contributed by atoms with Crippen LogP contribution in [-0.4, -0.2) is 10.1 Å². The van der Waals surface area contributed by atoms with Crippen LogP contribution in [0.5, 0.6) is 0 Å². The van der Waals surface area contributed by atoms with Gasteiger partial charge in [0.05, 0.1) is 6.10 Å². The van der Waals surface area contributed by atoms with Crippen LogP contribution in [0.1, 0.15) is 29.7 Å². The highest BCUT2D eigenvalue weighted by Gasteiger charge is 2.14. The van der Waals surface area contributed by atoms with E-state index in [-0.39, 0.29) is 0 Å². The number of benzene rings is 1. The van der Waals surface area contributed by atoms with Gasteiger partial charge in [0.2, 0.25) is 0 Å². The summed E-state index contributed by atoms with van der Waals surface area (Å²) in [5, 5.41) is 13.9. The van der Waals surface area contributed by atoms with Crippen molar-refractivity contribution in [1.29, 1.82) is 0 Å². The Morgan fingerprint density at radius 2 is 2.05 bits per heavy atom. The summed E-state index contributed by atoms with van der Waals surface area (Å²) in [4.78, 5) is 4.14. The summed E-state index contributed by atoms with van der Waals surface area (Å²) in [6, 6.07) is 10.3. The number of fused-ring (bicyclic) bond motifs is 1. The molecule has 3 heteroatoms. The third kappa shape index (κ3) is 2.47. The SMILES string of the molecule is CCc1cnccc1C(O)Cc1csc2ccccc12. The normalized spacial score (nSPS) is 12.7. The molecule has 102 valence electrons. The molecule has 3 rings (SSSR count). The zero-order valence-corrected chi connectivity index (χ0v) is 12.2. The molecule has 3 aromatic rings. The maximum atomic E-state index is 10.5. The molecule has 2 aromatic heterocycles. The van der Waals surface area contributed by atoms with Gasteiger partial charge in [-0.3, -0.25) is 4.98 Å². The van der Waals surface area contributed by atoms with Gasteiger partial charge in [-0.15, -0.1) is 11.3 Å². The molecule has 2 nitrogen and oxygen atoms in total. The van der Waals surface area contributed by atoms with Gasteiger partial charge in [0.1, 0.15) is 0 Å². The number of aliphatic hydroxyl groups is 1. The molecule has 0 bridgehead atoms. The number of aromatic nitrogens is 1. The molecule has 1 unspecified atom stereocenters. The summed E-state index contributed by atoms with van der Waals surface area (Å²) < 4.78 is 1.28. The molecule has 0 aliphatic rings. The Kier molecular flexibility index (Phi) is 3.81. The molecule has 0 aliphatic carbocycles. The van der Waals surface area contributed by atoms with Crippen LogP contribution >= 0.6 is 11.3 Å². The minimum absolute atomic E-state index is 0.467. The van der Waals surface area contributed by atoms with Crippen LogP contribution in [-0.2, 0) is 12.8 Å². The van der Waals surface area contributed by atoms with Crippen LogP contribution in [0.3, 0.4) is 0 Å². The molecular weight excluding hydrogens is 266 g/mol. The molecule has 0 saturated heterocycles. The number of nitrogens with zero attached hydrogens (tertiary/aromatic N) is 1. The van der Waals surface area contributed by atoms with Crippen LogP contribution in [0, 0.1) is 0 Å². The van der Waals surface area contributed by atoms with Crippen molar-refractivity contribution in [2.24, 2.45) is 0 Å². The zero-order chi connectivity index (χ0) is 13.9. The minimum atomic E-state index is -0.467. The summed E-state index contributed by atoms with van der Waals surface area (Å²) in [7, 11) is 0. The molecule has 0 aliphatic heterocycles. The Morgan fingerprint density at radius 3 is 2.90 bits per heavy atom. The van der Waals surface area contributed by atoms with Crippen molar-refractivity contribution in [2.75, 3.05) is 0 Å². The Labute approximate surface area is 122 Å². The van der Waals surface area contributed by atoms with Gasteiger partial charge in [-0.2, -0.15) is 0 Å². The first-order chi connectivity index (χ1) is 9.79. The summed E-state index contributed by atoms with van der Waals surface area (Å²) in [5.41, 5.74) is 3.34. The number of aliphatic hydroxyl groups excluding tert-OH is 1. The highest BCUT2D eigenvalue weighted by molar-refractivity contribution is 7.17. The number of pyridine rings is 1. The fraction of sp³-hybridized carbons (Fsp3) is 0.235. The number of hydrogen-bond donors (Lipinski definition) is 1. The van der Waals surface area contributed by atoms with Crippen molar-refractivity contribution in [3.8, 4) is 0 Å². The molecule has 0 amide bonds. The highest BCUT2D eigenvalue weighted by atomic mass is 32.1. The van der Waals surface area contributed by atoms with E-state index < -0.39 is 6.10 Å². The summed E-state index contributed by atoms with van der Waals surface area (Å²) in [6.07, 6.45) is 4.69. The van der Waals surface area contributed by atoms with Crippen LogP contribution in [0.15, 0.2) is 48.1 Å². The second-order valence-electron chi connectivity index (χ2n) is 4.91. The lowest BCUT2D eigenvalue weighted by atomic mass is 9.97. The van der Waals surface area contributed by atoms with Crippen molar-refractivity contribution in [1.82, 2.24) is 4.98 Å². The van der Waals surface area contributed by atoms with Crippen LogP contribution in [0.25, 0.3) is 10.1 Å². The quantitative estimate of drug-likeness (QED) is 0.781. The maximum Gasteiger partial charge on any atom is 0.0834 e. The number of thiophene rings is 1. The van der Waals surface area contributed by atoms with Gasteiger partial charge in [-0.05, 0) is 46.0 Å². The van der Waals surface area contributed by atoms with E-state index in [9.17, 15) is 5.11 Å².